The van der Waals surface area contributed by atoms with Gasteiger partial charge >= 0.3 is 0 Å². The summed E-state index contributed by atoms with van der Waals surface area (Å²) >= 11 is 0. The van der Waals surface area contributed by atoms with E-state index in [1.54, 1.807) is 0 Å². The van der Waals surface area contributed by atoms with E-state index < -0.39 is 0 Å². The van der Waals surface area contributed by atoms with E-state index >= 15 is 0 Å². The molecule has 3 rings (SSSR count). The van der Waals surface area contributed by atoms with Crippen molar-refractivity contribution in [1.82, 2.24) is 10.2 Å². The van der Waals surface area contributed by atoms with Crippen LogP contribution in [0, 0.1) is 23.7 Å². The molecule has 1 N–H and O–H groups in total. The summed E-state index contributed by atoms with van der Waals surface area (Å²) in [5, 5.41) is 3.34. The summed E-state index contributed by atoms with van der Waals surface area (Å²) in [5.74, 6) is 2.92. The first-order valence-electron chi connectivity index (χ1n) is 5.77. The van der Waals surface area contributed by atoms with Crippen molar-refractivity contribution in [3.63, 3.8) is 0 Å². The second-order valence-electron chi connectivity index (χ2n) is 5.19. The van der Waals surface area contributed by atoms with Crippen molar-refractivity contribution in [2.45, 2.75) is 13.3 Å². The molecule has 78 valence electrons. The summed E-state index contributed by atoms with van der Waals surface area (Å²) in [7, 11) is 0. The molecule has 2 saturated heterocycles. The lowest BCUT2D eigenvalue weighted by Gasteiger charge is -2.17. The first-order valence-corrected chi connectivity index (χ1v) is 5.77. The van der Waals surface area contributed by atoms with Gasteiger partial charge in [0.2, 0.25) is 5.91 Å². The highest BCUT2D eigenvalue weighted by atomic mass is 16.2. The van der Waals surface area contributed by atoms with Gasteiger partial charge in [-0.3, -0.25) is 4.79 Å². The van der Waals surface area contributed by atoms with Gasteiger partial charge in [0.25, 0.3) is 0 Å². The van der Waals surface area contributed by atoms with Crippen LogP contribution in [0.15, 0.2) is 0 Å². The summed E-state index contributed by atoms with van der Waals surface area (Å²) in [6, 6.07) is 0. The Labute approximate surface area is 84.8 Å². The standard InChI is InChI=1S/C11H18N2O/c1-7-2-3-13(6-7)11(14)10-8-4-12-5-9(8)10/h7-10,12H,2-6H2,1H3/t7?,8-,9+,10?. The van der Waals surface area contributed by atoms with Crippen LogP contribution >= 0.6 is 0 Å². The maximum Gasteiger partial charge on any atom is 0.226 e. The summed E-state index contributed by atoms with van der Waals surface area (Å²) < 4.78 is 0. The number of piperidine rings is 1. The molecule has 3 fully saturated rings. The Hall–Kier alpha value is -0.570. The Morgan fingerprint density at radius 3 is 2.64 bits per heavy atom. The number of carbonyl (C=O) groups is 1. The first kappa shape index (κ1) is 8.72. The largest absolute Gasteiger partial charge is 0.342 e. The maximum atomic E-state index is 12.1. The van der Waals surface area contributed by atoms with Crippen LogP contribution < -0.4 is 5.32 Å². The van der Waals surface area contributed by atoms with Gasteiger partial charge in [0.1, 0.15) is 0 Å². The Balaban J connectivity index is 1.61. The van der Waals surface area contributed by atoms with E-state index in [0.717, 1.165) is 32.1 Å². The fourth-order valence-corrected chi connectivity index (χ4v) is 3.13. The van der Waals surface area contributed by atoms with Gasteiger partial charge in [-0.25, -0.2) is 0 Å². The molecule has 0 radical (unpaired) electrons. The topological polar surface area (TPSA) is 32.3 Å². The zero-order valence-electron chi connectivity index (χ0n) is 8.70. The number of hydrogen-bond acceptors (Lipinski definition) is 2. The molecular formula is C11H18N2O. The molecule has 2 unspecified atom stereocenters. The van der Waals surface area contributed by atoms with Crippen molar-refractivity contribution in [1.29, 1.82) is 0 Å². The number of carbonyl (C=O) groups excluding carboxylic acids is 1. The molecule has 0 aromatic heterocycles. The molecule has 3 aliphatic rings. The molecule has 3 heteroatoms. The monoisotopic (exact) mass is 194 g/mol. The van der Waals surface area contributed by atoms with Crippen LogP contribution in [-0.4, -0.2) is 37.0 Å². The minimum absolute atomic E-state index is 0.390. The summed E-state index contributed by atoms with van der Waals surface area (Å²) in [6.45, 7) is 6.39. The van der Waals surface area contributed by atoms with Crippen molar-refractivity contribution in [2.75, 3.05) is 26.2 Å². The predicted molar refractivity (Wildman–Crippen MR) is 53.7 cm³/mol. The molecule has 1 amide bonds. The number of hydrogen-bond donors (Lipinski definition) is 1. The van der Waals surface area contributed by atoms with Crippen LogP contribution in [-0.2, 0) is 4.79 Å². The smallest absolute Gasteiger partial charge is 0.226 e. The lowest BCUT2D eigenvalue weighted by Crippen LogP contribution is -2.33. The first-order chi connectivity index (χ1) is 6.77. The minimum atomic E-state index is 0.390. The highest BCUT2D eigenvalue weighted by Crippen LogP contribution is 2.49. The van der Waals surface area contributed by atoms with Crippen LogP contribution in [0.5, 0.6) is 0 Å². The molecule has 0 aromatic carbocycles. The van der Waals surface area contributed by atoms with Crippen LogP contribution in [0.25, 0.3) is 0 Å². The minimum Gasteiger partial charge on any atom is -0.342 e. The number of amides is 1. The molecule has 4 atom stereocenters. The normalized spacial score (nSPS) is 45.4. The van der Waals surface area contributed by atoms with Crippen molar-refractivity contribution in [3.8, 4) is 0 Å². The zero-order valence-corrected chi connectivity index (χ0v) is 8.70. The molecule has 14 heavy (non-hydrogen) atoms. The Morgan fingerprint density at radius 2 is 2.07 bits per heavy atom. The summed E-state index contributed by atoms with van der Waals surface area (Å²) in [5.41, 5.74) is 0. The van der Waals surface area contributed by atoms with Gasteiger partial charge in [-0.2, -0.15) is 0 Å². The second-order valence-corrected chi connectivity index (χ2v) is 5.19. The SMILES string of the molecule is CC1CCN(C(=O)C2[C@H]3CNC[C@@H]23)C1. The van der Waals surface area contributed by atoms with E-state index in [2.05, 4.69) is 17.1 Å². The maximum absolute atomic E-state index is 12.1. The highest BCUT2D eigenvalue weighted by molar-refractivity contribution is 5.83. The van der Waals surface area contributed by atoms with Gasteiger partial charge in [0.05, 0.1) is 0 Å². The third-order valence-corrected chi connectivity index (χ3v) is 4.11. The second kappa shape index (κ2) is 2.96. The number of rotatable bonds is 1. The summed E-state index contributed by atoms with van der Waals surface area (Å²) in [4.78, 5) is 14.2. The third-order valence-electron chi connectivity index (χ3n) is 4.11. The molecule has 2 aliphatic heterocycles. The zero-order chi connectivity index (χ0) is 9.71. The van der Waals surface area contributed by atoms with Crippen LogP contribution in [0.1, 0.15) is 13.3 Å². The molecule has 0 bridgehead atoms. The number of nitrogens with one attached hydrogen (secondary N) is 1. The van der Waals surface area contributed by atoms with Gasteiger partial charge in [-0.05, 0) is 37.3 Å². The molecule has 3 nitrogen and oxygen atoms in total. The lowest BCUT2D eigenvalue weighted by molar-refractivity contribution is -0.132. The van der Waals surface area contributed by atoms with Gasteiger partial charge in [-0.1, -0.05) is 6.92 Å². The van der Waals surface area contributed by atoms with Crippen molar-refractivity contribution in [2.24, 2.45) is 23.7 Å². The van der Waals surface area contributed by atoms with Gasteiger partial charge in [0, 0.05) is 19.0 Å². The number of nitrogens with zero attached hydrogens (tertiary/aromatic N) is 1. The fraction of sp³-hybridized carbons (Fsp3) is 0.909. The third kappa shape index (κ3) is 1.18. The van der Waals surface area contributed by atoms with Crippen molar-refractivity contribution >= 4 is 5.91 Å². The van der Waals surface area contributed by atoms with E-state index in [9.17, 15) is 4.79 Å². The molecular weight excluding hydrogens is 176 g/mol. The van der Waals surface area contributed by atoms with Crippen LogP contribution in [0.3, 0.4) is 0 Å². The van der Waals surface area contributed by atoms with Crippen LogP contribution in [0.2, 0.25) is 0 Å². The Kier molecular flexibility index (Phi) is 1.84. The Bertz CT molecular complexity index is 252. The van der Waals surface area contributed by atoms with Gasteiger partial charge in [0.15, 0.2) is 0 Å². The molecule has 0 aromatic rings. The predicted octanol–water partition coefficient (Wildman–Crippen LogP) is 0.320. The van der Waals surface area contributed by atoms with Gasteiger partial charge in [-0.15, -0.1) is 0 Å². The lowest BCUT2D eigenvalue weighted by atomic mass is 10.2. The van der Waals surface area contributed by atoms with Gasteiger partial charge < -0.3 is 10.2 Å². The van der Waals surface area contributed by atoms with E-state index in [0.29, 0.717) is 23.7 Å². The number of fused-ring (bicyclic) bond motifs is 1. The van der Waals surface area contributed by atoms with E-state index in [1.165, 1.54) is 6.42 Å². The summed E-state index contributed by atoms with van der Waals surface area (Å²) in [6.07, 6.45) is 1.20. The van der Waals surface area contributed by atoms with E-state index in [-0.39, 0.29) is 0 Å². The molecule has 1 aliphatic carbocycles. The van der Waals surface area contributed by atoms with Crippen molar-refractivity contribution in [3.05, 3.63) is 0 Å². The van der Waals surface area contributed by atoms with Crippen molar-refractivity contribution < 1.29 is 4.79 Å². The average molecular weight is 194 g/mol. The number of likely N-dealkylation sites (tertiary alicyclic amines) is 1. The van der Waals surface area contributed by atoms with E-state index in [1.807, 2.05) is 0 Å². The quantitative estimate of drug-likeness (QED) is 0.652. The molecule has 1 saturated carbocycles. The molecule has 0 spiro atoms. The van der Waals surface area contributed by atoms with E-state index in [4.69, 9.17) is 0 Å². The highest BCUT2D eigenvalue weighted by Gasteiger charge is 2.58. The Morgan fingerprint density at radius 1 is 1.36 bits per heavy atom. The fourth-order valence-electron chi connectivity index (χ4n) is 3.13. The molecule has 2 heterocycles. The van der Waals surface area contributed by atoms with Crippen LogP contribution in [0.4, 0.5) is 0 Å². The average Bonchev–Trinajstić information content (AvgIpc) is 2.56.